The largest absolute Gasteiger partial charge is 0.378 e. The summed E-state index contributed by atoms with van der Waals surface area (Å²) >= 11 is 0. The molecule has 2 fully saturated rings. The molecule has 3 rings (SSSR count). The number of nitrogens with zero attached hydrogens (tertiary/aromatic N) is 1. The number of halogens is 1. The number of ether oxygens (including phenoxy) is 1. The molecule has 0 spiro atoms. The van der Waals surface area contributed by atoms with Crippen LogP contribution in [0, 0.1) is 5.82 Å². The molecule has 6 nitrogen and oxygen atoms in total. The molecule has 2 aliphatic rings. The maximum Gasteiger partial charge on any atom is 0.249 e. The summed E-state index contributed by atoms with van der Waals surface area (Å²) in [6.45, 7) is 2.26. The average Bonchev–Trinajstić information content (AvgIpc) is 2.90. The highest BCUT2D eigenvalue weighted by molar-refractivity contribution is 6.01. The van der Waals surface area contributed by atoms with Gasteiger partial charge in [-0.2, -0.15) is 0 Å². The van der Waals surface area contributed by atoms with Gasteiger partial charge in [0.05, 0.1) is 18.9 Å². The van der Waals surface area contributed by atoms with Gasteiger partial charge in [-0.3, -0.25) is 9.59 Å². The SMILES string of the molecule is O=C(CC1COCCN1)NC1CCN(c2ccccc2F)C1=O. The number of carbonyl (C=O) groups is 2. The lowest BCUT2D eigenvalue weighted by Crippen LogP contribution is -2.47. The molecule has 0 aromatic heterocycles. The Morgan fingerprint density at radius 1 is 1.43 bits per heavy atom. The molecule has 2 N–H and O–H groups in total. The van der Waals surface area contributed by atoms with Crippen LogP contribution in [0.4, 0.5) is 10.1 Å². The number of benzene rings is 1. The van der Waals surface area contributed by atoms with Gasteiger partial charge < -0.3 is 20.3 Å². The third-order valence-electron chi connectivity index (χ3n) is 4.11. The van der Waals surface area contributed by atoms with E-state index in [-0.39, 0.29) is 30.0 Å². The molecule has 1 aromatic carbocycles. The van der Waals surface area contributed by atoms with Crippen LogP contribution < -0.4 is 15.5 Å². The molecule has 2 saturated heterocycles. The van der Waals surface area contributed by atoms with Crippen LogP contribution in [0.3, 0.4) is 0 Å². The van der Waals surface area contributed by atoms with E-state index in [0.29, 0.717) is 26.2 Å². The van der Waals surface area contributed by atoms with Crippen LogP contribution in [-0.2, 0) is 14.3 Å². The zero-order valence-electron chi connectivity index (χ0n) is 12.8. The van der Waals surface area contributed by atoms with Crippen LogP contribution in [0.15, 0.2) is 24.3 Å². The third-order valence-corrected chi connectivity index (χ3v) is 4.11. The molecule has 23 heavy (non-hydrogen) atoms. The first-order valence-electron chi connectivity index (χ1n) is 7.81. The third kappa shape index (κ3) is 3.68. The van der Waals surface area contributed by atoms with Gasteiger partial charge >= 0.3 is 0 Å². The number of anilines is 1. The molecule has 124 valence electrons. The van der Waals surface area contributed by atoms with Gasteiger partial charge in [0.1, 0.15) is 11.9 Å². The van der Waals surface area contributed by atoms with Crippen molar-refractivity contribution in [3.8, 4) is 0 Å². The first-order chi connectivity index (χ1) is 11.1. The number of carbonyl (C=O) groups excluding carboxylic acids is 2. The molecule has 2 amide bonds. The summed E-state index contributed by atoms with van der Waals surface area (Å²) in [6.07, 6.45) is 0.747. The number of morpholine rings is 1. The Hall–Kier alpha value is -1.99. The van der Waals surface area contributed by atoms with Crippen molar-refractivity contribution in [2.24, 2.45) is 0 Å². The van der Waals surface area contributed by atoms with Crippen molar-refractivity contribution in [2.75, 3.05) is 31.2 Å². The molecular weight excluding hydrogens is 301 g/mol. The minimum absolute atomic E-state index is 0.0251. The minimum Gasteiger partial charge on any atom is -0.378 e. The molecule has 2 aliphatic heterocycles. The topological polar surface area (TPSA) is 70.7 Å². The van der Waals surface area contributed by atoms with Crippen LogP contribution in [-0.4, -0.2) is 50.2 Å². The van der Waals surface area contributed by atoms with Gasteiger partial charge in [-0.25, -0.2) is 4.39 Å². The number of hydrogen-bond acceptors (Lipinski definition) is 4. The fourth-order valence-corrected chi connectivity index (χ4v) is 2.95. The van der Waals surface area contributed by atoms with Crippen molar-refractivity contribution in [3.05, 3.63) is 30.1 Å². The predicted molar refractivity (Wildman–Crippen MR) is 82.5 cm³/mol. The van der Waals surface area contributed by atoms with Crippen molar-refractivity contribution in [1.29, 1.82) is 0 Å². The first-order valence-corrected chi connectivity index (χ1v) is 7.81. The van der Waals surface area contributed by atoms with Gasteiger partial charge in [0.25, 0.3) is 0 Å². The van der Waals surface area contributed by atoms with Crippen LogP contribution >= 0.6 is 0 Å². The lowest BCUT2D eigenvalue weighted by Gasteiger charge is -2.24. The van der Waals surface area contributed by atoms with E-state index >= 15 is 0 Å². The van der Waals surface area contributed by atoms with E-state index in [1.807, 2.05) is 0 Å². The Labute approximate surface area is 134 Å². The molecule has 0 saturated carbocycles. The standard InChI is InChI=1S/C16H20FN3O3/c17-12-3-1-2-4-14(12)20-7-5-13(16(20)22)19-15(21)9-11-10-23-8-6-18-11/h1-4,11,13,18H,5-10H2,(H,19,21). The molecule has 2 atom stereocenters. The molecule has 1 aromatic rings. The monoisotopic (exact) mass is 321 g/mol. The zero-order chi connectivity index (χ0) is 16.2. The highest BCUT2D eigenvalue weighted by Crippen LogP contribution is 2.24. The van der Waals surface area contributed by atoms with Gasteiger partial charge in [-0.1, -0.05) is 12.1 Å². The molecule has 2 unspecified atom stereocenters. The first kappa shape index (κ1) is 15.9. The summed E-state index contributed by atoms with van der Waals surface area (Å²) < 4.78 is 19.1. The summed E-state index contributed by atoms with van der Waals surface area (Å²) in [5.41, 5.74) is 0.261. The number of nitrogens with one attached hydrogen (secondary N) is 2. The van der Waals surface area contributed by atoms with E-state index in [4.69, 9.17) is 4.74 Å². The van der Waals surface area contributed by atoms with Crippen LogP contribution in [0.1, 0.15) is 12.8 Å². The second-order valence-corrected chi connectivity index (χ2v) is 5.78. The summed E-state index contributed by atoms with van der Waals surface area (Å²) in [7, 11) is 0. The predicted octanol–water partition coefficient (Wildman–Crippen LogP) is 0.426. The fourth-order valence-electron chi connectivity index (χ4n) is 2.95. The normalized spacial score (nSPS) is 24.7. The smallest absolute Gasteiger partial charge is 0.249 e. The Morgan fingerprint density at radius 2 is 2.26 bits per heavy atom. The van der Waals surface area contributed by atoms with E-state index < -0.39 is 11.9 Å². The second kappa shape index (κ2) is 7.06. The van der Waals surface area contributed by atoms with Crippen LogP contribution in [0.2, 0.25) is 0 Å². The highest BCUT2D eigenvalue weighted by atomic mass is 19.1. The van der Waals surface area contributed by atoms with Gasteiger partial charge in [-0.15, -0.1) is 0 Å². The Kier molecular flexibility index (Phi) is 4.88. The van der Waals surface area contributed by atoms with Gasteiger partial charge in [0.15, 0.2) is 0 Å². The van der Waals surface area contributed by atoms with E-state index in [0.717, 1.165) is 6.54 Å². The van der Waals surface area contributed by atoms with Crippen molar-refractivity contribution < 1.29 is 18.7 Å². The molecule has 0 aliphatic carbocycles. The molecule has 0 radical (unpaired) electrons. The summed E-state index contributed by atoms with van der Waals surface area (Å²) in [5, 5.41) is 5.94. The van der Waals surface area contributed by atoms with Crippen molar-refractivity contribution in [1.82, 2.24) is 10.6 Å². The van der Waals surface area contributed by atoms with Gasteiger partial charge in [0.2, 0.25) is 11.8 Å². The number of amides is 2. The van der Waals surface area contributed by atoms with Crippen molar-refractivity contribution in [2.45, 2.75) is 24.9 Å². The van der Waals surface area contributed by atoms with Crippen LogP contribution in [0.5, 0.6) is 0 Å². The van der Waals surface area contributed by atoms with E-state index in [9.17, 15) is 14.0 Å². The number of hydrogen-bond donors (Lipinski definition) is 2. The van der Waals surface area contributed by atoms with E-state index in [1.54, 1.807) is 18.2 Å². The van der Waals surface area contributed by atoms with Crippen molar-refractivity contribution in [3.63, 3.8) is 0 Å². The summed E-state index contributed by atoms with van der Waals surface area (Å²) in [6, 6.07) is 5.54. The van der Waals surface area contributed by atoms with Gasteiger partial charge in [0, 0.05) is 25.6 Å². The quantitative estimate of drug-likeness (QED) is 0.843. The molecular formula is C16H20FN3O3. The molecule has 7 heteroatoms. The Balaban J connectivity index is 1.56. The molecule has 0 bridgehead atoms. The highest BCUT2D eigenvalue weighted by Gasteiger charge is 2.35. The van der Waals surface area contributed by atoms with E-state index in [2.05, 4.69) is 10.6 Å². The fraction of sp³-hybridized carbons (Fsp3) is 0.500. The zero-order valence-corrected chi connectivity index (χ0v) is 12.8. The second-order valence-electron chi connectivity index (χ2n) is 5.78. The Morgan fingerprint density at radius 3 is 3.00 bits per heavy atom. The maximum absolute atomic E-state index is 13.8. The van der Waals surface area contributed by atoms with Crippen LogP contribution in [0.25, 0.3) is 0 Å². The lowest BCUT2D eigenvalue weighted by molar-refractivity contribution is -0.127. The summed E-state index contributed by atoms with van der Waals surface area (Å²) in [4.78, 5) is 25.9. The minimum atomic E-state index is -0.591. The van der Waals surface area contributed by atoms with Gasteiger partial charge in [-0.05, 0) is 18.6 Å². The maximum atomic E-state index is 13.8. The Bertz CT molecular complexity index is 590. The average molecular weight is 321 g/mol. The molecule has 2 heterocycles. The lowest BCUT2D eigenvalue weighted by atomic mass is 10.1. The summed E-state index contributed by atoms with van der Waals surface area (Å²) in [5.74, 6) is -0.894. The number of para-hydroxylation sites is 1. The number of rotatable bonds is 4. The van der Waals surface area contributed by atoms with Crippen molar-refractivity contribution >= 4 is 17.5 Å². The van der Waals surface area contributed by atoms with E-state index in [1.165, 1.54) is 11.0 Å².